The van der Waals surface area contributed by atoms with Crippen molar-refractivity contribution in [1.29, 1.82) is 0 Å². The number of hydrogen-bond acceptors (Lipinski definition) is 4. The Morgan fingerprint density at radius 2 is 1.23 bits per heavy atom. The van der Waals surface area contributed by atoms with Crippen molar-refractivity contribution in [2.45, 2.75) is 6.18 Å². The molecule has 0 amide bonds. The van der Waals surface area contributed by atoms with Gasteiger partial charge in [0, 0.05) is 37.6 Å². The Morgan fingerprint density at radius 1 is 0.774 bits per heavy atom. The van der Waals surface area contributed by atoms with E-state index in [1.165, 1.54) is 12.1 Å². The maximum Gasteiger partial charge on any atom is 0.422 e. The summed E-state index contributed by atoms with van der Waals surface area (Å²) >= 11 is 0. The number of halogens is 3. The Labute approximate surface area is 177 Å². The first-order chi connectivity index (χ1) is 14.7. The lowest BCUT2D eigenvalue weighted by Crippen LogP contribution is -2.19. The Morgan fingerprint density at radius 3 is 1.61 bits per heavy atom. The maximum atomic E-state index is 12.0. The third-order valence-corrected chi connectivity index (χ3v) is 4.36. The van der Waals surface area contributed by atoms with Crippen molar-refractivity contribution in [1.82, 2.24) is 19.6 Å². The van der Waals surface area contributed by atoms with Gasteiger partial charge in [-0.2, -0.15) is 23.4 Å². The molecule has 9 heteroatoms. The quantitative estimate of drug-likeness (QED) is 0.504. The van der Waals surface area contributed by atoms with E-state index in [2.05, 4.69) is 14.9 Å². The average molecular weight is 430 g/mol. The molecular formula is C22H21F3N4O2. The molecule has 1 N–H and O–H groups in total. The molecule has 4 aromatic rings. The molecule has 0 aliphatic heterocycles. The molecule has 0 radical (unpaired) electrons. The molecular weight excluding hydrogens is 409 g/mol. The van der Waals surface area contributed by atoms with Crippen molar-refractivity contribution in [3.63, 3.8) is 0 Å². The van der Waals surface area contributed by atoms with Gasteiger partial charge in [0.2, 0.25) is 0 Å². The Bertz CT molecular complexity index is 1100. The molecule has 4 rings (SSSR count). The van der Waals surface area contributed by atoms with Gasteiger partial charge in [0.1, 0.15) is 11.5 Å². The largest absolute Gasteiger partial charge is 0.508 e. The fourth-order valence-electron chi connectivity index (χ4n) is 2.83. The summed E-state index contributed by atoms with van der Waals surface area (Å²) in [7, 11) is 3.69. The SMILES string of the molecule is Cn1nccc1-c1ccc(O)cc1.Cn1nccc1-c1ccc(OCC(F)(F)F)cc1. The number of aryl methyl sites for hydroxylation is 2. The van der Waals surface area contributed by atoms with E-state index in [4.69, 9.17) is 5.11 Å². The van der Waals surface area contributed by atoms with Crippen LogP contribution in [0.15, 0.2) is 73.1 Å². The molecule has 0 aliphatic carbocycles. The van der Waals surface area contributed by atoms with E-state index >= 15 is 0 Å². The molecule has 2 aromatic carbocycles. The highest BCUT2D eigenvalue weighted by atomic mass is 19.4. The second-order valence-corrected chi connectivity index (χ2v) is 6.66. The summed E-state index contributed by atoms with van der Waals surface area (Å²) in [6.07, 6.45) is -0.910. The second-order valence-electron chi connectivity index (χ2n) is 6.66. The zero-order chi connectivity index (χ0) is 22.4. The third-order valence-electron chi connectivity index (χ3n) is 4.36. The minimum absolute atomic E-state index is 0.193. The van der Waals surface area contributed by atoms with Gasteiger partial charge in [0.05, 0.1) is 11.4 Å². The van der Waals surface area contributed by atoms with Gasteiger partial charge in [-0.05, 0) is 60.7 Å². The molecule has 0 unspecified atom stereocenters. The number of phenols is 1. The standard InChI is InChI=1S/C12H11F3N2O.C10H10N2O/c1-17-11(6-7-16-17)9-2-4-10(5-3-9)18-8-12(13,14)15;1-12-10(6-7-11-12)8-2-4-9(13)5-3-8/h2-7H,8H2,1H3;2-7,13H,1H3. The first kappa shape index (κ1) is 21.9. The highest BCUT2D eigenvalue weighted by Gasteiger charge is 2.28. The number of nitrogens with zero attached hydrogens (tertiary/aromatic N) is 4. The van der Waals surface area contributed by atoms with Gasteiger partial charge in [-0.1, -0.05) is 0 Å². The number of benzene rings is 2. The fraction of sp³-hybridized carbons (Fsp3) is 0.182. The summed E-state index contributed by atoms with van der Waals surface area (Å²) in [5, 5.41) is 17.2. The van der Waals surface area contributed by atoms with Crippen LogP contribution in [0, 0.1) is 0 Å². The topological polar surface area (TPSA) is 65.1 Å². The summed E-state index contributed by atoms with van der Waals surface area (Å²) in [5.41, 5.74) is 3.85. The van der Waals surface area contributed by atoms with Crippen LogP contribution in [-0.2, 0) is 14.1 Å². The van der Waals surface area contributed by atoms with E-state index in [0.717, 1.165) is 22.5 Å². The molecule has 6 nitrogen and oxygen atoms in total. The van der Waals surface area contributed by atoms with E-state index in [0.29, 0.717) is 0 Å². The lowest BCUT2D eigenvalue weighted by atomic mass is 10.1. The van der Waals surface area contributed by atoms with Crippen molar-refractivity contribution >= 4 is 0 Å². The van der Waals surface area contributed by atoms with Gasteiger partial charge in [0.15, 0.2) is 6.61 Å². The van der Waals surface area contributed by atoms with Crippen molar-refractivity contribution in [3.8, 4) is 34.0 Å². The maximum absolute atomic E-state index is 12.0. The van der Waals surface area contributed by atoms with E-state index in [1.54, 1.807) is 53.1 Å². The molecule has 162 valence electrons. The van der Waals surface area contributed by atoms with Crippen molar-refractivity contribution in [3.05, 3.63) is 73.1 Å². The lowest BCUT2D eigenvalue weighted by Gasteiger charge is -2.09. The molecule has 0 saturated carbocycles. The molecule has 2 heterocycles. The van der Waals surface area contributed by atoms with Crippen molar-refractivity contribution in [2.75, 3.05) is 6.61 Å². The summed E-state index contributed by atoms with van der Waals surface area (Å²) in [6, 6.07) is 17.2. The number of rotatable bonds is 4. The van der Waals surface area contributed by atoms with Crippen LogP contribution >= 0.6 is 0 Å². The zero-order valence-electron chi connectivity index (χ0n) is 16.9. The third kappa shape index (κ3) is 6.11. The Kier molecular flexibility index (Phi) is 6.64. The minimum atomic E-state index is -4.32. The van der Waals surface area contributed by atoms with E-state index < -0.39 is 12.8 Å². The van der Waals surface area contributed by atoms with E-state index in [9.17, 15) is 13.2 Å². The minimum Gasteiger partial charge on any atom is -0.508 e. The van der Waals surface area contributed by atoms with Gasteiger partial charge < -0.3 is 9.84 Å². The Hall–Kier alpha value is -3.75. The molecule has 0 bridgehead atoms. The van der Waals surface area contributed by atoms with Crippen molar-refractivity contribution in [2.24, 2.45) is 14.1 Å². The normalized spacial score (nSPS) is 11.0. The van der Waals surface area contributed by atoms with Gasteiger partial charge in [-0.3, -0.25) is 9.36 Å². The van der Waals surface area contributed by atoms with Gasteiger partial charge in [0.25, 0.3) is 0 Å². The fourth-order valence-corrected chi connectivity index (χ4v) is 2.83. The smallest absolute Gasteiger partial charge is 0.422 e. The first-order valence-electron chi connectivity index (χ1n) is 9.28. The Balaban J connectivity index is 0.000000185. The van der Waals surface area contributed by atoms with Crippen LogP contribution in [0.2, 0.25) is 0 Å². The molecule has 2 aromatic heterocycles. The zero-order valence-corrected chi connectivity index (χ0v) is 16.9. The number of phenolic OH excluding ortho intramolecular Hbond substituents is 1. The number of aromatic nitrogens is 4. The van der Waals surface area contributed by atoms with E-state index in [-0.39, 0.29) is 11.5 Å². The molecule has 0 atom stereocenters. The summed E-state index contributed by atoms with van der Waals surface area (Å²) in [4.78, 5) is 0. The predicted molar refractivity (Wildman–Crippen MR) is 111 cm³/mol. The average Bonchev–Trinajstić information content (AvgIpc) is 3.36. The van der Waals surface area contributed by atoms with Crippen LogP contribution in [0.25, 0.3) is 22.5 Å². The number of hydrogen-bond donors (Lipinski definition) is 1. The molecule has 0 saturated heterocycles. The van der Waals surface area contributed by atoms with E-state index in [1.807, 2.05) is 31.3 Å². The van der Waals surface area contributed by atoms with Crippen LogP contribution in [0.1, 0.15) is 0 Å². The lowest BCUT2D eigenvalue weighted by molar-refractivity contribution is -0.153. The van der Waals surface area contributed by atoms with Gasteiger partial charge in [-0.25, -0.2) is 0 Å². The van der Waals surface area contributed by atoms with Crippen LogP contribution in [0.3, 0.4) is 0 Å². The van der Waals surface area contributed by atoms with Crippen LogP contribution in [0.4, 0.5) is 13.2 Å². The second kappa shape index (κ2) is 9.38. The van der Waals surface area contributed by atoms with Crippen LogP contribution < -0.4 is 4.74 Å². The molecule has 0 spiro atoms. The monoisotopic (exact) mass is 430 g/mol. The molecule has 0 fully saturated rings. The highest BCUT2D eigenvalue weighted by Crippen LogP contribution is 2.23. The van der Waals surface area contributed by atoms with Gasteiger partial charge in [-0.15, -0.1) is 0 Å². The summed E-state index contributed by atoms with van der Waals surface area (Å²) in [6.45, 7) is -1.28. The predicted octanol–water partition coefficient (Wildman–Crippen LogP) is 4.82. The van der Waals surface area contributed by atoms with Crippen LogP contribution in [0.5, 0.6) is 11.5 Å². The number of ether oxygens (including phenoxy) is 1. The number of alkyl halides is 3. The highest BCUT2D eigenvalue weighted by molar-refractivity contribution is 5.60. The van der Waals surface area contributed by atoms with Crippen LogP contribution in [-0.4, -0.2) is 37.5 Å². The molecule has 31 heavy (non-hydrogen) atoms. The van der Waals surface area contributed by atoms with Gasteiger partial charge >= 0.3 is 6.18 Å². The molecule has 0 aliphatic rings. The first-order valence-corrected chi connectivity index (χ1v) is 9.28. The summed E-state index contributed by atoms with van der Waals surface area (Å²) < 4.78 is 44.0. The number of aromatic hydroxyl groups is 1. The van der Waals surface area contributed by atoms with Crippen molar-refractivity contribution < 1.29 is 23.0 Å². The summed E-state index contributed by atoms with van der Waals surface area (Å²) in [5.74, 6) is 0.476.